The van der Waals surface area contributed by atoms with Gasteiger partial charge in [-0.2, -0.15) is 0 Å². The third kappa shape index (κ3) is 3.20. The molecule has 0 radical (unpaired) electrons. The van der Waals surface area contributed by atoms with Crippen LogP contribution in [0.1, 0.15) is 40.2 Å². The molecule has 0 aromatic heterocycles. The molecule has 0 bridgehead atoms. The van der Waals surface area contributed by atoms with E-state index in [1.165, 1.54) is 4.31 Å². The Balaban J connectivity index is 2.36. The van der Waals surface area contributed by atoms with Gasteiger partial charge in [0.1, 0.15) is 0 Å². The standard InChI is InChI=1S/C16H26BNO4S/c1-8-18(7)23(19,20)13-9-10-14(12(2)11-13)17-21-15(3,4)16(5,6)22-17/h9-11H,8H2,1-7H3. The minimum Gasteiger partial charge on any atom is -0.399 e. The van der Waals surface area contributed by atoms with Gasteiger partial charge < -0.3 is 9.31 Å². The Labute approximate surface area is 140 Å². The van der Waals surface area contributed by atoms with Gasteiger partial charge in [0.2, 0.25) is 10.0 Å². The van der Waals surface area contributed by atoms with E-state index < -0.39 is 28.3 Å². The van der Waals surface area contributed by atoms with Crippen LogP contribution in [0.25, 0.3) is 0 Å². The molecule has 0 aliphatic carbocycles. The van der Waals surface area contributed by atoms with E-state index in [4.69, 9.17) is 9.31 Å². The van der Waals surface area contributed by atoms with E-state index >= 15 is 0 Å². The van der Waals surface area contributed by atoms with Crippen LogP contribution in [0, 0.1) is 6.92 Å². The summed E-state index contributed by atoms with van der Waals surface area (Å²) in [5.41, 5.74) is 0.866. The number of benzene rings is 1. The van der Waals surface area contributed by atoms with Gasteiger partial charge in [-0.3, -0.25) is 0 Å². The average Bonchev–Trinajstić information content (AvgIpc) is 2.65. The molecule has 1 aromatic rings. The summed E-state index contributed by atoms with van der Waals surface area (Å²) in [5.74, 6) is 0. The van der Waals surface area contributed by atoms with Crippen molar-refractivity contribution in [3.8, 4) is 0 Å². The van der Waals surface area contributed by atoms with Crippen molar-refractivity contribution in [2.45, 2.75) is 57.6 Å². The summed E-state index contributed by atoms with van der Waals surface area (Å²) in [6.45, 7) is 12.1. The molecule has 0 spiro atoms. The zero-order chi connectivity index (χ0) is 17.6. The van der Waals surface area contributed by atoms with Gasteiger partial charge in [0.25, 0.3) is 0 Å². The molecule has 1 aromatic carbocycles. The van der Waals surface area contributed by atoms with E-state index in [1.807, 2.05) is 41.5 Å². The first kappa shape index (κ1) is 18.5. The molecule has 1 fully saturated rings. The van der Waals surface area contributed by atoms with Crippen LogP contribution >= 0.6 is 0 Å². The highest BCUT2D eigenvalue weighted by Crippen LogP contribution is 2.36. The van der Waals surface area contributed by atoms with Gasteiger partial charge in [0.15, 0.2) is 0 Å². The predicted molar refractivity (Wildman–Crippen MR) is 92.4 cm³/mol. The lowest BCUT2D eigenvalue weighted by Crippen LogP contribution is -2.41. The van der Waals surface area contributed by atoms with Crippen molar-refractivity contribution in [2.75, 3.05) is 13.6 Å². The monoisotopic (exact) mass is 339 g/mol. The molecule has 0 unspecified atom stereocenters. The zero-order valence-corrected chi connectivity index (χ0v) is 15.8. The molecule has 0 saturated carbocycles. The van der Waals surface area contributed by atoms with Crippen LogP contribution in [-0.2, 0) is 19.3 Å². The van der Waals surface area contributed by atoms with Gasteiger partial charge in [0.05, 0.1) is 16.1 Å². The van der Waals surface area contributed by atoms with E-state index in [1.54, 1.807) is 25.2 Å². The molecule has 1 aliphatic rings. The zero-order valence-electron chi connectivity index (χ0n) is 15.0. The Morgan fingerprint density at radius 3 is 2.09 bits per heavy atom. The van der Waals surface area contributed by atoms with Crippen molar-refractivity contribution in [3.63, 3.8) is 0 Å². The van der Waals surface area contributed by atoms with E-state index in [-0.39, 0.29) is 0 Å². The number of hydrogen-bond donors (Lipinski definition) is 0. The quantitative estimate of drug-likeness (QED) is 0.787. The summed E-state index contributed by atoms with van der Waals surface area (Å²) < 4.78 is 38.3. The van der Waals surface area contributed by atoms with Crippen LogP contribution in [0.2, 0.25) is 0 Å². The second-order valence-electron chi connectivity index (χ2n) is 7.03. The first-order valence-corrected chi connectivity index (χ1v) is 9.29. The summed E-state index contributed by atoms with van der Waals surface area (Å²) in [6, 6.07) is 5.09. The van der Waals surface area contributed by atoms with E-state index in [9.17, 15) is 8.42 Å². The molecule has 1 aliphatic heterocycles. The molecular weight excluding hydrogens is 313 g/mol. The second-order valence-corrected chi connectivity index (χ2v) is 9.07. The number of aryl methyl sites for hydroxylation is 1. The minimum atomic E-state index is -3.45. The highest BCUT2D eigenvalue weighted by Gasteiger charge is 2.52. The Kier molecular flexibility index (Phi) is 4.72. The Bertz CT molecular complexity index is 684. The van der Waals surface area contributed by atoms with Crippen molar-refractivity contribution in [2.24, 2.45) is 0 Å². The third-order valence-corrected chi connectivity index (χ3v) is 6.83. The summed E-state index contributed by atoms with van der Waals surface area (Å²) in [4.78, 5) is 0.291. The molecule has 23 heavy (non-hydrogen) atoms. The summed E-state index contributed by atoms with van der Waals surface area (Å²) in [7, 11) is -2.36. The van der Waals surface area contributed by atoms with Crippen molar-refractivity contribution in [1.29, 1.82) is 0 Å². The van der Waals surface area contributed by atoms with Crippen molar-refractivity contribution < 1.29 is 17.7 Å². The van der Waals surface area contributed by atoms with Gasteiger partial charge in [-0.05, 0) is 52.2 Å². The van der Waals surface area contributed by atoms with E-state index in [0.29, 0.717) is 11.4 Å². The van der Waals surface area contributed by atoms with E-state index in [2.05, 4.69) is 0 Å². The fourth-order valence-corrected chi connectivity index (χ4v) is 3.66. The van der Waals surface area contributed by atoms with Crippen molar-refractivity contribution in [1.82, 2.24) is 4.31 Å². The molecule has 128 valence electrons. The van der Waals surface area contributed by atoms with Crippen LogP contribution in [0.3, 0.4) is 0 Å². The van der Waals surface area contributed by atoms with Crippen LogP contribution in [-0.4, -0.2) is 44.6 Å². The fourth-order valence-electron chi connectivity index (χ4n) is 2.39. The van der Waals surface area contributed by atoms with Crippen LogP contribution < -0.4 is 5.46 Å². The van der Waals surface area contributed by atoms with Crippen LogP contribution in [0.15, 0.2) is 23.1 Å². The molecule has 0 amide bonds. The smallest absolute Gasteiger partial charge is 0.399 e. The largest absolute Gasteiger partial charge is 0.495 e. The van der Waals surface area contributed by atoms with Gasteiger partial charge in [-0.25, -0.2) is 12.7 Å². The van der Waals surface area contributed by atoms with Gasteiger partial charge in [0, 0.05) is 13.6 Å². The van der Waals surface area contributed by atoms with Gasteiger partial charge in [-0.15, -0.1) is 0 Å². The first-order chi connectivity index (χ1) is 10.4. The summed E-state index contributed by atoms with van der Waals surface area (Å²) in [6.07, 6.45) is 0. The number of sulfonamides is 1. The molecule has 0 atom stereocenters. The number of rotatable bonds is 4. The second kappa shape index (κ2) is 5.88. The molecular formula is C16H26BNO4S. The summed E-state index contributed by atoms with van der Waals surface area (Å²) >= 11 is 0. The maximum absolute atomic E-state index is 12.4. The SMILES string of the molecule is CCN(C)S(=O)(=O)c1ccc(B2OC(C)(C)C(C)(C)O2)c(C)c1. The van der Waals surface area contributed by atoms with Crippen molar-refractivity contribution >= 4 is 22.6 Å². The number of hydrogen-bond acceptors (Lipinski definition) is 4. The molecule has 7 heteroatoms. The van der Waals surface area contributed by atoms with Gasteiger partial charge >= 0.3 is 7.12 Å². The average molecular weight is 339 g/mol. The topological polar surface area (TPSA) is 55.8 Å². The fraction of sp³-hybridized carbons (Fsp3) is 0.625. The minimum absolute atomic E-state index is 0.291. The van der Waals surface area contributed by atoms with Crippen LogP contribution in [0.5, 0.6) is 0 Å². The lowest BCUT2D eigenvalue weighted by Gasteiger charge is -2.32. The molecule has 1 heterocycles. The summed E-state index contributed by atoms with van der Waals surface area (Å²) in [5, 5.41) is 0. The molecule has 1 saturated heterocycles. The Morgan fingerprint density at radius 2 is 1.65 bits per heavy atom. The molecule has 0 N–H and O–H groups in total. The molecule has 5 nitrogen and oxygen atoms in total. The Hall–Kier alpha value is -0.885. The number of nitrogens with zero attached hydrogens (tertiary/aromatic N) is 1. The molecule has 2 rings (SSSR count). The maximum atomic E-state index is 12.4. The Morgan fingerprint density at radius 1 is 1.13 bits per heavy atom. The lowest BCUT2D eigenvalue weighted by molar-refractivity contribution is 0.00578. The lowest BCUT2D eigenvalue weighted by atomic mass is 9.76. The third-order valence-electron chi connectivity index (χ3n) is 4.90. The van der Waals surface area contributed by atoms with Gasteiger partial charge in [-0.1, -0.05) is 18.6 Å². The normalized spacial score (nSPS) is 20.3. The predicted octanol–water partition coefficient (Wildman–Crippen LogP) is 1.93. The highest BCUT2D eigenvalue weighted by molar-refractivity contribution is 7.89. The van der Waals surface area contributed by atoms with Crippen LogP contribution in [0.4, 0.5) is 0 Å². The van der Waals surface area contributed by atoms with E-state index in [0.717, 1.165) is 11.0 Å². The highest BCUT2D eigenvalue weighted by atomic mass is 32.2. The van der Waals surface area contributed by atoms with Crippen molar-refractivity contribution in [3.05, 3.63) is 23.8 Å². The maximum Gasteiger partial charge on any atom is 0.495 e. The first-order valence-electron chi connectivity index (χ1n) is 7.85.